The Balaban J connectivity index is 1.66. The summed E-state index contributed by atoms with van der Waals surface area (Å²) < 4.78 is 25.6. The van der Waals surface area contributed by atoms with E-state index in [2.05, 4.69) is 79.7 Å². The quantitative estimate of drug-likeness (QED) is 0.0758. The van der Waals surface area contributed by atoms with Crippen molar-refractivity contribution in [3.05, 3.63) is 143 Å². The van der Waals surface area contributed by atoms with E-state index in [0.29, 0.717) is 13.2 Å². The van der Waals surface area contributed by atoms with E-state index in [1.54, 1.807) is 6.07 Å². The van der Waals surface area contributed by atoms with E-state index in [0.717, 1.165) is 60.8 Å². The number of aryl methyl sites for hydroxylation is 2. The highest BCUT2D eigenvalue weighted by Crippen LogP contribution is 2.47. The zero-order chi connectivity index (χ0) is 35.9. The summed E-state index contributed by atoms with van der Waals surface area (Å²) in [6.45, 7) is 18.5. The number of aromatic hydroxyl groups is 1. The Morgan fingerprint density at radius 3 is 1.32 bits per heavy atom. The number of hydrogen-bond donors (Lipinski definition) is 1. The number of benzene rings is 5. The van der Waals surface area contributed by atoms with Gasteiger partial charge < -0.3 is 24.1 Å². The molecule has 1 N–H and O–H groups in total. The second-order valence-corrected chi connectivity index (χ2v) is 17.0. The molecule has 5 nitrogen and oxygen atoms in total. The van der Waals surface area contributed by atoms with E-state index in [1.165, 1.54) is 0 Å². The molecule has 0 saturated heterocycles. The molecule has 0 fully saturated rings. The second-order valence-electron chi connectivity index (χ2n) is 14.8. The summed E-state index contributed by atoms with van der Waals surface area (Å²) in [7, 11) is -1.41. The molecule has 6 heteroatoms. The summed E-state index contributed by atoms with van der Waals surface area (Å²) in [6.07, 6.45) is 0. The maximum Gasteiger partial charge on any atom is 0.189 e. The van der Waals surface area contributed by atoms with Gasteiger partial charge in [-0.25, -0.2) is 0 Å². The molecule has 0 atom stereocenters. The van der Waals surface area contributed by atoms with Crippen LogP contribution in [-0.2, 0) is 33.5 Å². The van der Waals surface area contributed by atoms with Crippen molar-refractivity contribution in [3.63, 3.8) is 0 Å². The van der Waals surface area contributed by atoms with Gasteiger partial charge in [0.05, 0.1) is 13.2 Å². The van der Waals surface area contributed by atoms with Crippen LogP contribution < -0.4 is 25.4 Å². The van der Waals surface area contributed by atoms with Crippen LogP contribution in [0.15, 0.2) is 109 Å². The van der Waals surface area contributed by atoms with Gasteiger partial charge in [0.2, 0.25) is 0 Å². The predicted molar refractivity (Wildman–Crippen MR) is 207 cm³/mol. The summed E-state index contributed by atoms with van der Waals surface area (Å²) in [6, 6.07) is 36.7. The van der Waals surface area contributed by atoms with Crippen molar-refractivity contribution in [3.8, 4) is 17.2 Å². The summed E-state index contributed by atoms with van der Waals surface area (Å²) in [5.41, 5.74) is 6.08. The third-order valence-corrected chi connectivity index (χ3v) is 10.9. The number of hydrogen-bond acceptors (Lipinski definition) is 5. The van der Waals surface area contributed by atoms with E-state index in [4.69, 9.17) is 18.9 Å². The Bertz CT molecular complexity index is 1740. The fourth-order valence-electron chi connectivity index (χ4n) is 5.97. The van der Waals surface area contributed by atoms with Gasteiger partial charge in [-0.05, 0) is 73.1 Å². The van der Waals surface area contributed by atoms with Crippen LogP contribution in [0.3, 0.4) is 0 Å². The average Bonchev–Trinajstić information content (AvgIpc) is 3.07. The van der Waals surface area contributed by atoms with Crippen LogP contribution in [0.4, 0.5) is 0 Å². The van der Waals surface area contributed by atoms with Crippen molar-refractivity contribution < 1.29 is 24.1 Å². The Hall–Kier alpha value is -4.15. The molecule has 5 rings (SSSR count). The van der Waals surface area contributed by atoms with E-state index < -0.39 is 7.92 Å². The summed E-state index contributed by atoms with van der Waals surface area (Å²) in [4.78, 5) is 0. The molecule has 0 saturated carbocycles. The summed E-state index contributed by atoms with van der Waals surface area (Å²) >= 11 is 0. The molecular formula is C44H51O5P. The topological polar surface area (TPSA) is 57.2 Å². The van der Waals surface area contributed by atoms with Gasteiger partial charge in [0.25, 0.3) is 0 Å². The highest BCUT2D eigenvalue weighted by Gasteiger charge is 2.33. The standard InChI is InChI=1S/C44H51O5P/c1-31-23-35(43(3,4)5)41(48-29-46-27-33-17-11-9-12-18-33)39(25-31)50(38-22-16-15-21-37(38)45)40-26-32(2)24-36(44(6,7)8)42(40)49-30-47-28-34-19-13-10-14-20-34/h9-26,45H,27-30H2,1-8H3. The number of para-hydroxylation sites is 1. The zero-order valence-corrected chi connectivity index (χ0v) is 31.6. The molecule has 0 amide bonds. The first-order chi connectivity index (χ1) is 23.8. The molecule has 50 heavy (non-hydrogen) atoms. The lowest BCUT2D eigenvalue weighted by Gasteiger charge is -2.32. The van der Waals surface area contributed by atoms with Crippen molar-refractivity contribution in [2.75, 3.05) is 13.6 Å². The number of phenolic OH excluding ortho intramolecular Hbond substituents is 1. The van der Waals surface area contributed by atoms with E-state index in [9.17, 15) is 5.11 Å². The van der Waals surface area contributed by atoms with Crippen LogP contribution in [0.2, 0.25) is 0 Å². The monoisotopic (exact) mass is 690 g/mol. The van der Waals surface area contributed by atoms with Crippen LogP contribution in [0, 0.1) is 13.8 Å². The first-order valence-electron chi connectivity index (χ1n) is 17.2. The van der Waals surface area contributed by atoms with Crippen molar-refractivity contribution in [1.82, 2.24) is 0 Å². The van der Waals surface area contributed by atoms with Gasteiger partial charge in [-0.15, -0.1) is 0 Å². The molecule has 0 aliphatic rings. The number of ether oxygens (including phenoxy) is 4. The molecule has 0 aromatic heterocycles. The van der Waals surface area contributed by atoms with Gasteiger partial charge in [0, 0.05) is 27.0 Å². The first kappa shape index (κ1) is 37.1. The normalized spacial score (nSPS) is 11.9. The van der Waals surface area contributed by atoms with Crippen LogP contribution in [0.1, 0.15) is 74.9 Å². The van der Waals surface area contributed by atoms with Gasteiger partial charge in [-0.1, -0.05) is 133 Å². The lowest BCUT2D eigenvalue weighted by Crippen LogP contribution is -2.29. The van der Waals surface area contributed by atoms with Gasteiger partial charge in [-0.2, -0.15) is 0 Å². The largest absolute Gasteiger partial charge is 0.507 e. The lowest BCUT2D eigenvalue weighted by molar-refractivity contribution is 0.00471. The lowest BCUT2D eigenvalue weighted by atomic mass is 9.85. The van der Waals surface area contributed by atoms with Gasteiger partial charge in [-0.3, -0.25) is 0 Å². The molecule has 5 aromatic carbocycles. The zero-order valence-electron chi connectivity index (χ0n) is 30.7. The average molecular weight is 691 g/mol. The van der Waals surface area contributed by atoms with Crippen LogP contribution >= 0.6 is 7.92 Å². The van der Waals surface area contributed by atoms with Crippen LogP contribution in [0.25, 0.3) is 0 Å². The van der Waals surface area contributed by atoms with Crippen molar-refractivity contribution in [2.24, 2.45) is 0 Å². The smallest absolute Gasteiger partial charge is 0.189 e. The van der Waals surface area contributed by atoms with Gasteiger partial charge >= 0.3 is 0 Å². The molecule has 0 aliphatic heterocycles. The Labute approximate surface area is 300 Å². The molecule has 0 unspecified atom stereocenters. The molecule has 0 aliphatic carbocycles. The van der Waals surface area contributed by atoms with E-state index >= 15 is 0 Å². The van der Waals surface area contributed by atoms with Crippen LogP contribution in [-0.4, -0.2) is 18.7 Å². The van der Waals surface area contributed by atoms with E-state index in [-0.39, 0.29) is 30.2 Å². The molecule has 0 radical (unpaired) electrons. The predicted octanol–water partition coefficient (Wildman–Crippen LogP) is 9.47. The van der Waals surface area contributed by atoms with Gasteiger partial charge in [0.15, 0.2) is 13.6 Å². The minimum Gasteiger partial charge on any atom is -0.507 e. The second kappa shape index (κ2) is 16.2. The third kappa shape index (κ3) is 9.34. The maximum atomic E-state index is 11.5. The number of phenols is 1. The minimum absolute atomic E-state index is 0.0791. The molecule has 0 heterocycles. The molecular weight excluding hydrogens is 639 g/mol. The first-order valence-corrected chi connectivity index (χ1v) is 18.5. The van der Waals surface area contributed by atoms with Crippen molar-refractivity contribution >= 4 is 23.8 Å². The van der Waals surface area contributed by atoms with Crippen LogP contribution in [0.5, 0.6) is 17.2 Å². The van der Waals surface area contributed by atoms with Crippen molar-refractivity contribution in [1.29, 1.82) is 0 Å². The van der Waals surface area contributed by atoms with Gasteiger partial charge in [0.1, 0.15) is 17.2 Å². The number of rotatable bonds is 13. The Morgan fingerprint density at radius 2 is 0.920 bits per heavy atom. The minimum atomic E-state index is -1.41. The maximum absolute atomic E-state index is 11.5. The third-order valence-electron chi connectivity index (χ3n) is 8.44. The molecule has 0 bridgehead atoms. The molecule has 0 spiro atoms. The molecule has 262 valence electrons. The van der Waals surface area contributed by atoms with Crippen molar-refractivity contribution in [2.45, 2.75) is 79.4 Å². The highest BCUT2D eigenvalue weighted by atomic mass is 31.1. The highest BCUT2D eigenvalue weighted by molar-refractivity contribution is 7.80. The Kier molecular flexibility index (Phi) is 12.1. The molecule has 5 aromatic rings. The fourth-order valence-corrected chi connectivity index (χ4v) is 8.73. The SMILES string of the molecule is Cc1cc(P(c2ccccc2O)c2cc(C)cc(C(C)(C)C)c2OCOCc2ccccc2)c(OCOCc2ccccc2)c(C(C)(C)C)c1. The fraction of sp³-hybridized carbons (Fsp3) is 0.318. The Morgan fingerprint density at radius 1 is 0.520 bits per heavy atom. The summed E-state index contributed by atoms with van der Waals surface area (Å²) in [5.74, 6) is 1.78. The summed E-state index contributed by atoms with van der Waals surface area (Å²) in [5, 5.41) is 14.4. The van der Waals surface area contributed by atoms with E-state index in [1.807, 2.05) is 78.9 Å².